The SMILES string of the molecule is CC1(C)CCCC(C)(C)N1B(C#C[Si](C)(C)C)[Si-]([Si](C)(C(C)(C)C)C(C)(C)C)[Si](C)(C(C)(C)C)C(C)(C)C.COCCOC.COCCOC.COCCOC.Cc1ccccc1.[Li+]. The van der Waals surface area contributed by atoms with Gasteiger partial charge in [0, 0.05) is 53.7 Å². The molecule has 0 aliphatic carbocycles. The van der Waals surface area contributed by atoms with E-state index in [-0.39, 0.29) is 29.9 Å². The van der Waals surface area contributed by atoms with E-state index in [0.717, 1.165) is 0 Å². The van der Waals surface area contributed by atoms with Gasteiger partial charge in [0.05, 0.1) is 39.6 Å². The molecule has 1 fully saturated rings. The summed E-state index contributed by atoms with van der Waals surface area (Å²) in [6.07, 6.45) is 4.28. The van der Waals surface area contributed by atoms with Gasteiger partial charge in [-0.25, -0.2) is 7.70 Å². The van der Waals surface area contributed by atoms with Gasteiger partial charge < -0.3 is 33.2 Å². The van der Waals surface area contributed by atoms with Crippen LogP contribution in [0.25, 0.3) is 0 Å². The number of hydrogen-bond acceptors (Lipinski definition) is 7. The average molecular weight is 961 g/mol. The topological polar surface area (TPSA) is 58.6 Å². The molecule has 0 aromatic heterocycles. The number of benzene rings is 1. The first-order chi connectivity index (χ1) is 28.4. The van der Waals surface area contributed by atoms with Gasteiger partial charge in [-0.3, -0.25) is 0 Å². The quantitative estimate of drug-likeness (QED) is 0.111. The number of aryl methyl sites for hydroxylation is 1. The largest absolute Gasteiger partial charge is 1.00 e. The van der Waals surface area contributed by atoms with Crippen molar-refractivity contribution in [1.82, 2.24) is 4.81 Å². The van der Waals surface area contributed by atoms with Gasteiger partial charge in [-0.1, -0.05) is 187 Å². The Bertz CT molecular complexity index is 1280. The molecule has 2 rings (SSSR count). The van der Waals surface area contributed by atoms with Gasteiger partial charge in [-0.05, 0) is 53.9 Å². The Hall–Kier alpha value is 0.0299. The van der Waals surface area contributed by atoms with Crippen molar-refractivity contribution < 1.29 is 47.3 Å². The minimum atomic E-state index is -1.97. The van der Waals surface area contributed by atoms with Crippen LogP contribution in [0.3, 0.4) is 0 Å². The molecule has 1 aromatic rings. The minimum absolute atomic E-state index is 0. The molecule has 1 aliphatic heterocycles. The maximum absolute atomic E-state index is 4.66. The van der Waals surface area contributed by atoms with Crippen LogP contribution in [0.1, 0.15) is 136 Å². The molecule has 0 N–H and O–H groups in total. The van der Waals surface area contributed by atoms with Gasteiger partial charge in [0.2, 0.25) is 0 Å². The van der Waals surface area contributed by atoms with E-state index in [9.17, 15) is 0 Å². The van der Waals surface area contributed by atoms with E-state index in [2.05, 4.69) is 207 Å². The monoisotopic (exact) mass is 960 g/mol. The number of methoxy groups -OCH3 is 6. The summed E-state index contributed by atoms with van der Waals surface area (Å²) < 4.78 is 27.9. The molecule has 1 aliphatic rings. The second-order valence-electron chi connectivity index (χ2n) is 24.0. The van der Waals surface area contributed by atoms with Crippen LogP contribution in [-0.2, 0) is 28.4 Å². The van der Waals surface area contributed by atoms with Crippen molar-refractivity contribution >= 4 is 37.4 Å². The molecule has 0 bridgehead atoms. The fraction of sp³-hybridized carbons (Fsp3) is 0.843. The van der Waals surface area contributed by atoms with E-state index in [0.29, 0.717) is 66.2 Å². The summed E-state index contributed by atoms with van der Waals surface area (Å²) in [7, 11) is 3.41. The van der Waals surface area contributed by atoms with Crippen molar-refractivity contribution in [2.45, 2.75) is 201 Å². The first-order valence-electron chi connectivity index (χ1n) is 23.6. The van der Waals surface area contributed by atoms with Crippen LogP contribution in [0.5, 0.6) is 0 Å². The Morgan fingerprint density at radius 3 is 1.00 bits per heavy atom. The molecule has 0 radical (unpaired) electrons. The van der Waals surface area contributed by atoms with E-state index in [1.54, 1.807) is 42.7 Å². The molecule has 13 heteroatoms. The summed E-state index contributed by atoms with van der Waals surface area (Å²) in [5.74, 6) is 4.29. The molecule has 0 amide bonds. The van der Waals surface area contributed by atoms with Crippen LogP contribution in [0.4, 0.5) is 0 Å². The number of nitrogens with zero attached hydrogens (tertiary/aromatic N) is 1. The average Bonchev–Trinajstić information content (AvgIpc) is 3.12. The van der Waals surface area contributed by atoms with Gasteiger partial charge in [-0.2, -0.15) is 5.82 Å². The van der Waals surface area contributed by atoms with Crippen molar-refractivity contribution in [2.24, 2.45) is 0 Å². The number of hydrogen-bond donors (Lipinski definition) is 0. The summed E-state index contributed by atoms with van der Waals surface area (Å²) >= 11 is 0. The molecular formula is C51H107BLiNO6Si4. The zero-order valence-electron chi connectivity index (χ0n) is 48.2. The van der Waals surface area contributed by atoms with Crippen LogP contribution in [0.2, 0.25) is 52.9 Å². The third kappa shape index (κ3) is 23.6. The summed E-state index contributed by atoms with van der Waals surface area (Å²) in [4.78, 5) is 3.05. The Kier molecular flexibility index (Phi) is 34.5. The second-order valence-corrected chi connectivity index (χ2v) is 51.4. The molecule has 0 atom stereocenters. The summed E-state index contributed by atoms with van der Waals surface area (Å²) in [5, 5.41) is 1.20. The molecular weight excluding hydrogens is 853 g/mol. The summed E-state index contributed by atoms with van der Waals surface area (Å²) in [5.41, 5.74) is 5.68. The number of piperidine rings is 1. The van der Waals surface area contributed by atoms with E-state index in [4.69, 9.17) is 0 Å². The second kappa shape index (κ2) is 31.3. The van der Waals surface area contributed by atoms with E-state index in [1.165, 1.54) is 24.8 Å². The van der Waals surface area contributed by atoms with Gasteiger partial charge in [0.1, 0.15) is 14.5 Å². The molecule has 1 heterocycles. The van der Waals surface area contributed by atoms with Crippen LogP contribution < -0.4 is 18.9 Å². The van der Waals surface area contributed by atoms with Crippen molar-refractivity contribution in [3.8, 4) is 11.4 Å². The summed E-state index contributed by atoms with van der Waals surface area (Å²) in [6.45, 7) is 60.9. The third-order valence-corrected chi connectivity index (χ3v) is 55.6. The standard InChI is InChI=1S/C32H69BNSi4.C7H8.3C4H10O2.Li/c1-27(2,3)37(20,28(4,5)6)35(38(21,29(7,8)9)30(10,11)12)33(25-26-36(17,18)19)34-31(13,14)23-22-24-32(34,15)16;1-7-5-3-2-4-6-7;3*1-5-3-4-6-2;/h22-24H2,1-21H3;2-6H,1H3;3*3-4H2,1-2H3;/q-1;;;;;+1. The van der Waals surface area contributed by atoms with Crippen molar-refractivity contribution in [1.29, 1.82) is 0 Å². The maximum atomic E-state index is 4.66. The maximum Gasteiger partial charge on any atom is 1.00 e. The van der Waals surface area contributed by atoms with Crippen molar-refractivity contribution in [2.75, 3.05) is 82.3 Å². The fourth-order valence-electron chi connectivity index (χ4n) is 9.21. The van der Waals surface area contributed by atoms with Crippen LogP contribution in [0, 0.1) is 18.3 Å². The number of rotatable bonds is 13. The first-order valence-corrected chi connectivity index (χ1v) is 35.7. The molecule has 1 aromatic carbocycles. The molecule has 0 spiro atoms. The first kappa shape index (κ1) is 70.6. The molecule has 0 saturated carbocycles. The zero-order valence-corrected chi connectivity index (χ0v) is 52.2. The smallest absolute Gasteiger partial charge is 0.382 e. The fourth-order valence-corrected chi connectivity index (χ4v) is 60.6. The molecule has 7 nitrogen and oxygen atoms in total. The van der Waals surface area contributed by atoms with Gasteiger partial charge in [0.15, 0.2) is 0 Å². The van der Waals surface area contributed by atoms with Crippen molar-refractivity contribution in [3.05, 3.63) is 35.9 Å². The zero-order chi connectivity index (χ0) is 50.4. The van der Waals surface area contributed by atoms with Gasteiger partial charge in [0.25, 0.3) is 0 Å². The Morgan fingerprint density at radius 1 is 0.547 bits per heavy atom. The van der Waals surface area contributed by atoms with E-state index >= 15 is 0 Å². The van der Waals surface area contributed by atoms with E-state index in [1.807, 2.05) is 18.2 Å². The van der Waals surface area contributed by atoms with E-state index < -0.39 is 31.0 Å². The predicted molar refractivity (Wildman–Crippen MR) is 291 cm³/mol. The van der Waals surface area contributed by atoms with Crippen LogP contribution >= 0.6 is 0 Å². The Morgan fingerprint density at radius 2 is 0.812 bits per heavy atom. The van der Waals surface area contributed by atoms with Crippen LogP contribution in [-0.4, -0.2) is 136 Å². The molecule has 372 valence electrons. The molecule has 1 saturated heterocycles. The third-order valence-electron chi connectivity index (χ3n) is 13.5. The van der Waals surface area contributed by atoms with Gasteiger partial charge in [-0.15, -0.1) is 5.54 Å². The van der Waals surface area contributed by atoms with Gasteiger partial charge >= 0.3 is 18.9 Å². The Labute approximate surface area is 417 Å². The predicted octanol–water partition coefficient (Wildman–Crippen LogP) is 10.4. The minimum Gasteiger partial charge on any atom is -0.382 e. The molecule has 64 heavy (non-hydrogen) atoms. The molecule has 0 unspecified atom stereocenters. The Balaban J connectivity index is -0.000000553. The van der Waals surface area contributed by atoms with Crippen molar-refractivity contribution in [3.63, 3.8) is 0 Å². The normalized spacial score (nSPS) is 15.5. The number of ether oxygens (including phenoxy) is 6. The summed E-state index contributed by atoms with van der Waals surface area (Å²) in [6, 6.07) is 10.3. The van der Waals surface area contributed by atoms with Crippen LogP contribution in [0.15, 0.2) is 30.3 Å².